The van der Waals surface area contributed by atoms with Crippen LogP contribution in [-0.4, -0.2) is 40.7 Å². The number of imide groups is 1. The van der Waals surface area contributed by atoms with Crippen molar-refractivity contribution in [3.8, 4) is 5.75 Å². The monoisotopic (exact) mass is 381 g/mol. The molecule has 2 aromatic rings. The van der Waals surface area contributed by atoms with Crippen LogP contribution in [0.3, 0.4) is 0 Å². The van der Waals surface area contributed by atoms with E-state index in [9.17, 15) is 24.5 Å². The molecule has 0 spiro atoms. The van der Waals surface area contributed by atoms with Crippen molar-refractivity contribution in [3.05, 3.63) is 69.3 Å². The summed E-state index contributed by atoms with van der Waals surface area (Å²) in [7, 11) is 0. The lowest BCUT2D eigenvalue weighted by atomic mass is 10.0. The van der Waals surface area contributed by atoms with Gasteiger partial charge in [0.25, 0.3) is 17.5 Å². The summed E-state index contributed by atoms with van der Waals surface area (Å²) in [6.45, 7) is -0.0792. The van der Waals surface area contributed by atoms with Gasteiger partial charge in [-0.1, -0.05) is 24.3 Å². The Morgan fingerprint density at radius 2 is 1.96 bits per heavy atom. The number of carbonyl (C=O) groups is 3. The van der Waals surface area contributed by atoms with E-state index in [4.69, 9.17) is 4.74 Å². The van der Waals surface area contributed by atoms with Crippen molar-refractivity contribution in [2.45, 2.75) is 12.5 Å². The lowest BCUT2D eigenvalue weighted by Gasteiger charge is -2.27. The minimum atomic E-state index is -0.838. The lowest BCUT2D eigenvalue weighted by molar-refractivity contribution is -0.385. The summed E-state index contributed by atoms with van der Waals surface area (Å²) in [6, 6.07) is 10.8. The summed E-state index contributed by atoms with van der Waals surface area (Å²) < 4.78 is 5.55. The number of hydrogen-bond donors (Lipinski definition) is 1. The zero-order valence-corrected chi connectivity index (χ0v) is 14.6. The fourth-order valence-electron chi connectivity index (χ4n) is 3.49. The average Bonchev–Trinajstić information content (AvgIpc) is 2.93. The number of benzene rings is 2. The van der Waals surface area contributed by atoms with Gasteiger partial charge in [0.15, 0.2) is 0 Å². The summed E-state index contributed by atoms with van der Waals surface area (Å²) in [6.07, 6.45) is 0.552. The maximum atomic E-state index is 12.6. The summed E-state index contributed by atoms with van der Waals surface area (Å²) in [5.41, 5.74) is 0.0299. The molecule has 1 unspecified atom stereocenters. The molecule has 0 aromatic heterocycles. The highest BCUT2D eigenvalue weighted by Gasteiger charge is 2.41. The van der Waals surface area contributed by atoms with E-state index in [0.29, 0.717) is 18.8 Å². The van der Waals surface area contributed by atoms with E-state index >= 15 is 0 Å². The molecule has 0 aliphatic carbocycles. The molecule has 0 radical (unpaired) electrons. The number of hydrogen-bond acceptors (Lipinski definition) is 6. The molecule has 2 aliphatic heterocycles. The predicted octanol–water partition coefficient (Wildman–Crippen LogP) is 1.83. The van der Waals surface area contributed by atoms with Crippen LogP contribution < -0.4 is 10.1 Å². The van der Waals surface area contributed by atoms with Crippen LogP contribution in [0.4, 0.5) is 5.69 Å². The van der Waals surface area contributed by atoms with E-state index in [0.717, 1.165) is 16.5 Å². The smallest absolute Gasteiger partial charge is 0.282 e. The van der Waals surface area contributed by atoms with E-state index in [2.05, 4.69) is 5.32 Å². The highest BCUT2D eigenvalue weighted by molar-refractivity contribution is 6.24. The van der Waals surface area contributed by atoms with E-state index in [1.54, 1.807) is 6.07 Å². The molecule has 9 heteroatoms. The Balaban J connectivity index is 1.52. The molecule has 0 saturated heterocycles. The fraction of sp³-hybridized carbons (Fsp3) is 0.211. The number of carbonyl (C=O) groups excluding carboxylic acids is 3. The second-order valence-corrected chi connectivity index (χ2v) is 6.45. The van der Waals surface area contributed by atoms with Gasteiger partial charge in [-0.15, -0.1) is 0 Å². The van der Waals surface area contributed by atoms with Crippen molar-refractivity contribution in [1.82, 2.24) is 10.2 Å². The molecule has 1 N–H and O–H groups in total. The normalized spacial score (nSPS) is 17.6. The number of nitrogens with zero attached hydrogens (tertiary/aromatic N) is 2. The maximum Gasteiger partial charge on any atom is 0.282 e. The number of rotatable bonds is 4. The average molecular weight is 381 g/mol. The number of nitrogens with one attached hydrogen (secondary N) is 1. The molecule has 28 heavy (non-hydrogen) atoms. The second-order valence-electron chi connectivity index (χ2n) is 6.45. The van der Waals surface area contributed by atoms with Crippen molar-refractivity contribution >= 4 is 23.4 Å². The van der Waals surface area contributed by atoms with Crippen molar-refractivity contribution in [2.24, 2.45) is 0 Å². The lowest BCUT2D eigenvalue weighted by Crippen LogP contribution is -2.42. The Morgan fingerprint density at radius 3 is 2.75 bits per heavy atom. The summed E-state index contributed by atoms with van der Waals surface area (Å²) in [5, 5.41) is 14.0. The van der Waals surface area contributed by atoms with Crippen molar-refractivity contribution in [1.29, 1.82) is 0 Å². The van der Waals surface area contributed by atoms with Gasteiger partial charge in [-0.05, 0) is 12.1 Å². The molecule has 142 valence electrons. The van der Waals surface area contributed by atoms with Crippen molar-refractivity contribution in [2.75, 3.05) is 13.2 Å². The molecule has 2 aliphatic rings. The topological polar surface area (TPSA) is 119 Å². The molecule has 4 rings (SSSR count). The highest BCUT2D eigenvalue weighted by atomic mass is 16.6. The van der Waals surface area contributed by atoms with Crippen LogP contribution in [0.25, 0.3) is 0 Å². The predicted molar refractivity (Wildman–Crippen MR) is 95.9 cm³/mol. The van der Waals surface area contributed by atoms with Crippen LogP contribution in [0.2, 0.25) is 0 Å². The first-order valence-electron chi connectivity index (χ1n) is 8.62. The minimum absolute atomic E-state index is 0.0663. The molecule has 0 fully saturated rings. The Labute approximate surface area is 159 Å². The third-order valence-corrected chi connectivity index (χ3v) is 4.77. The molecule has 9 nitrogen and oxygen atoms in total. The molecular weight excluding hydrogens is 366 g/mol. The SMILES string of the molecule is O=C(CN1C(=O)c2cccc([N+](=O)[O-])c2C1=O)NC1CCOc2ccccc21. The van der Waals surface area contributed by atoms with Gasteiger partial charge in [-0.3, -0.25) is 29.4 Å². The van der Waals surface area contributed by atoms with Crippen LogP contribution in [-0.2, 0) is 4.79 Å². The quantitative estimate of drug-likeness (QED) is 0.490. The van der Waals surface area contributed by atoms with Crippen LogP contribution >= 0.6 is 0 Å². The number of amides is 3. The first-order valence-corrected chi connectivity index (χ1v) is 8.62. The Bertz CT molecular complexity index is 1020. The fourth-order valence-corrected chi connectivity index (χ4v) is 3.49. The van der Waals surface area contributed by atoms with Crippen LogP contribution in [0.15, 0.2) is 42.5 Å². The van der Waals surface area contributed by atoms with Gasteiger partial charge in [0.1, 0.15) is 17.9 Å². The van der Waals surface area contributed by atoms with Gasteiger partial charge in [0, 0.05) is 18.1 Å². The number of nitro groups is 1. The van der Waals surface area contributed by atoms with E-state index < -0.39 is 34.9 Å². The van der Waals surface area contributed by atoms with Gasteiger partial charge in [0.05, 0.1) is 23.1 Å². The number of nitro benzene ring substituents is 1. The Hall–Kier alpha value is -3.75. The molecule has 0 bridgehead atoms. The number of fused-ring (bicyclic) bond motifs is 2. The van der Waals surface area contributed by atoms with E-state index in [1.165, 1.54) is 12.1 Å². The third kappa shape index (κ3) is 2.86. The maximum absolute atomic E-state index is 12.6. The molecule has 3 amide bonds. The summed E-state index contributed by atoms with van der Waals surface area (Å²) >= 11 is 0. The Morgan fingerprint density at radius 1 is 1.18 bits per heavy atom. The first kappa shape index (κ1) is 17.7. The highest BCUT2D eigenvalue weighted by Crippen LogP contribution is 2.32. The van der Waals surface area contributed by atoms with E-state index in [-0.39, 0.29) is 17.2 Å². The summed E-state index contributed by atoms with van der Waals surface area (Å²) in [4.78, 5) is 48.7. The second kappa shape index (κ2) is 6.76. The van der Waals surface area contributed by atoms with Gasteiger partial charge in [-0.25, -0.2) is 0 Å². The molecule has 0 saturated carbocycles. The van der Waals surface area contributed by atoms with Crippen LogP contribution in [0, 0.1) is 10.1 Å². The molecule has 1 atom stereocenters. The van der Waals surface area contributed by atoms with Gasteiger partial charge < -0.3 is 10.1 Å². The third-order valence-electron chi connectivity index (χ3n) is 4.77. The standard InChI is InChI=1S/C19H15N3O6/c23-16(20-13-8-9-28-15-7-2-1-4-11(13)15)10-21-18(24)12-5-3-6-14(22(26)27)17(12)19(21)25/h1-7,13H,8-10H2,(H,20,23). The summed E-state index contributed by atoms with van der Waals surface area (Å²) in [5.74, 6) is -1.41. The molecular formula is C19H15N3O6. The van der Waals surface area contributed by atoms with Crippen molar-refractivity contribution < 1.29 is 24.0 Å². The van der Waals surface area contributed by atoms with Crippen LogP contribution in [0.1, 0.15) is 38.7 Å². The number of para-hydroxylation sites is 1. The largest absolute Gasteiger partial charge is 0.493 e. The Kier molecular flexibility index (Phi) is 4.26. The molecule has 2 aromatic carbocycles. The zero-order valence-electron chi connectivity index (χ0n) is 14.6. The van der Waals surface area contributed by atoms with Gasteiger partial charge in [-0.2, -0.15) is 0 Å². The first-order chi connectivity index (χ1) is 13.5. The number of ether oxygens (including phenoxy) is 1. The molecule has 2 heterocycles. The zero-order chi connectivity index (χ0) is 19.8. The van der Waals surface area contributed by atoms with E-state index in [1.807, 2.05) is 18.2 Å². The van der Waals surface area contributed by atoms with Crippen molar-refractivity contribution in [3.63, 3.8) is 0 Å². The van der Waals surface area contributed by atoms with Gasteiger partial charge in [0.2, 0.25) is 5.91 Å². The minimum Gasteiger partial charge on any atom is -0.493 e. The van der Waals surface area contributed by atoms with Crippen LogP contribution in [0.5, 0.6) is 5.75 Å². The van der Waals surface area contributed by atoms with Gasteiger partial charge >= 0.3 is 0 Å².